The number of hydrogen-bond acceptors (Lipinski definition) is 5. The Morgan fingerprint density at radius 3 is 2.67 bits per heavy atom. The predicted octanol–water partition coefficient (Wildman–Crippen LogP) is 3.89. The molecule has 3 aromatic rings. The maximum atomic E-state index is 9.83. The van der Waals surface area contributed by atoms with Gasteiger partial charge in [0.05, 0.1) is 5.56 Å². The van der Waals surface area contributed by atoms with Crippen molar-refractivity contribution in [3.8, 4) is 34.3 Å². The van der Waals surface area contributed by atoms with E-state index in [0.29, 0.717) is 5.82 Å². The van der Waals surface area contributed by atoms with Crippen LogP contribution in [0.5, 0.6) is 11.5 Å². The molecule has 2 aromatic carbocycles. The van der Waals surface area contributed by atoms with Gasteiger partial charge >= 0.3 is 0 Å². The summed E-state index contributed by atoms with van der Waals surface area (Å²) in [4.78, 5) is 4.26. The second-order valence-electron chi connectivity index (χ2n) is 4.58. The zero-order valence-electron chi connectivity index (χ0n) is 11.0. The molecule has 106 valence electrons. The minimum atomic E-state index is -0.282. The molecule has 0 aliphatic heterocycles. The molecule has 0 bridgehead atoms. The van der Waals surface area contributed by atoms with Gasteiger partial charge in [0, 0.05) is 10.0 Å². The van der Waals surface area contributed by atoms with Gasteiger partial charge in [0.25, 0.3) is 5.89 Å². The average molecular weight is 347 g/mol. The summed E-state index contributed by atoms with van der Waals surface area (Å²) in [6.45, 7) is 1.99. The van der Waals surface area contributed by atoms with Gasteiger partial charge in [0.1, 0.15) is 0 Å². The van der Waals surface area contributed by atoms with E-state index in [9.17, 15) is 10.2 Å². The van der Waals surface area contributed by atoms with Crippen LogP contribution in [-0.4, -0.2) is 20.4 Å². The number of halogens is 1. The van der Waals surface area contributed by atoms with Gasteiger partial charge in [-0.05, 0) is 36.8 Å². The molecule has 2 N–H and O–H groups in total. The van der Waals surface area contributed by atoms with E-state index in [2.05, 4.69) is 26.1 Å². The van der Waals surface area contributed by atoms with Gasteiger partial charge in [-0.15, -0.1) is 0 Å². The Morgan fingerprint density at radius 1 is 1.10 bits per heavy atom. The summed E-state index contributed by atoms with van der Waals surface area (Å²) in [5.74, 6) is 0.0323. The average Bonchev–Trinajstić information content (AvgIpc) is 2.91. The first-order valence-electron chi connectivity index (χ1n) is 6.18. The summed E-state index contributed by atoms with van der Waals surface area (Å²) in [5, 5.41) is 23.3. The van der Waals surface area contributed by atoms with Crippen molar-refractivity contribution in [2.75, 3.05) is 0 Å². The van der Waals surface area contributed by atoms with Crippen molar-refractivity contribution in [3.05, 3.63) is 46.4 Å². The van der Waals surface area contributed by atoms with E-state index in [0.717, 1.165) is 15.6 Å². The molecule has 0 unspecified atom stereocenters. The molecule has 0 saturated carbocycles. The second kappa shape index (κ2) is 5.21. The number of aryl methyl sites for hydroxylation is 1. The fourth-order valence-corrected chi connectivity index (χ4v) is 2.62. The number of benzene rings is 2. The molecule has 1 aromatic heterocycles. The summed E-state index contributed by atoms with van der Waals surface area (Å²) in [6, 6.07) is 10.4. The number of aromatic hydroxyl groups is 2. The Labute approximate surface area is 129 Å². The molecule has 3 rings (SSSR count). The SMILES string of the molecule is Cc1ccc(-c2noc(-c3cccc(O)c3O)n2)c(Br)c1. The largest absolute Gasteiger partial charge is 0.504 e. The number of phenols is 2. The number of nitrogens with zero attached hydrogens (tertiary/aromatic N) is 2. The van der Waals surface area contributed by atoms with Gasteiger partial charge in [-0.25, -0.2) is 0 Å². The normalized spacial score (nSPS) is 10.8. The number of hydrogen-bond donors (Lipinski definition) is 2. The Hall–Kier alpha value is -2.34. The molecule has 6 heteroatoms. The standard InChI is InChI=1S/C15H11BrN2O3/c1-8-5-6-9(11(16)7-8)14-17-15(21-18-14)10-3-2-4-12(19)13(10)20/h2-7,19-20H,1H3. The minimum absolute atomic E-state index is 0.144. The Bertz CT molecular complexity index is 814. The van der Waals surface area contributed by atoms with E-state index in [1.54, 1.807) is 12.1 Å². The Morgan fingerprint density at radius 2 is 1.90 bits per heavy atom. The van der Waals surface area contributed by atoms with E-state index < -0.39 is 0 Å². The van der Waals surface area contributed by atoms with Crippen LogP contribution < -0.4 is 0 Å². The smallest absolute Gasteiger partial charge is 0.262 e. The molecule has 0 atom stereocenters. The zero-order valence-corrected chi connectivity index (χ0v) is 12.6. The first-order chi connectivity index (χ1) is 10.1. The number of rotatable bonds is 2. The fraction of sp³-hybridized carbons (Fsp3) is 0.0667. The van der Waals surface area contributed by atoms with Crippen molar-refractivity contribution in [3.63, 3.8) is 0 Å². The topological polar surface area (TPSA) is 79.4 Å². The maximum absolute atomic E-state index is 9.83. The molecule has 0 aliphatic rings. The van der Waals surface area contributed by atoms with Crippen LogP contribution in [0, 0.1) is 6.92 Å². The maximum Gasteiger partial charge on any atom is 0.262 e. The molecule has 0 fully saturated rings. The molecule has 0 radical (unpaired) electrons. The van der Waals surface area contributed by atoms with Gasteiger partial charge in [-0.2, -0.15) is 4.98 Å². The predicted molar refractivity (Wildman–Crippen MR) is 80.9 cm³/mol. The summed E-state index contributed by atoms with van der Waals surface area (Å²) in [5.41, 5.74) is 2.19. The number of para-hydroxylation sites is 1. The lowest BCUT2D eigenvalue weighted by molar-refractivity contribution is 0.397. The number of aromatic nitrogens is 2. The summed E-state index contributed by atoms with van der Waals surface area (Å²) < 4.78 is 6.03. The summed E-state index contributed by atoms with van der Waals surface area (Å²) in [7, 11) is 0. The van der Waals surface area contributed by atoms with E-state index in [1.165, 1.54) is 6.07 Å². The first kappa shape index (κ1) is 13.6. The van der Waals surface area contributed by atoms with Gasteiger partial charge in [-0.1, -0.05) is 33.2 Å². The highest BCUT2D eigenvalue weighted by atomic mass is 79.9. The highest BCUT2D eigenvalue weighted by Crippen LogP contribution is 2.36. The van der Waals surface area contributed by atoms with Crippen molar-refractivity contribution in [2.45, 2.75) is 6.92 Å². The lowest BCUT2D eigenvalue weighted by Gasteiger charge is -2.01. The number of phenolic OH excluding ortho intramolecular Hbond substituents is 2. The molecule has 0 saturated heterocycles. The third kappa shape index (κ3) is 2.50. The molecule has 21 heavy (non-hydrogen) atoms. The van der Waals surface area contributed by atoms with Crippen molar-refractivity contribution in [1.29, 1.82) is 0 Å². The molecule has 0 amide bonds. The molecule has 0 spiro atoms. The van der Waals surface area contributed by atoms with Crippen LogP contribution in [0.4, 0.5) is 0 Å². The molecular weight excluding hydrogens is 336 g/mol. The van der Waals surface area contributed by atoms with Crippen LogP contribution in [0.25, 0.3) is 22.8 Å². The van der Waals surface area contributed by atoms with Crippen LogP contribution in [0.2, 0.25) is 0 Å². The highest BCUT2D eigenvalue weighted by Gasteiger charge is 2.17. The third-order valence-electron chi connectivity index (χ3n) is 3.04. The highest BCUT2D eigenvalue weighted by molar-refractivity contribution is 9.10. The summed E-state index contributed by atoms with van der Waals surface area (Å²) >= 11 is 3.46. The Balaban J connectivity index is 2.06. The molecule has 0 aliphatic carbocycles. The van der Waals surface area contributed by atoms with E-state index in [-0.39, 0.29) is 23.0 Å². The molecule has 5 nitrogen and oxygen atoms in total. The fourth-order valence-electron chi connectivity index (χ4n) is 1.95. The lowest BCUT2D eigenvalue weighted by atomic mass is 10.1. The lowest BCUT2D eigenvalue weighted by Crippen LogP contribution is -1.84. The summed E-state index contributed by atoms with van der Waals surface area (Å²) in [6.07, 6.45) is 0. The van der Waals surface area contributed by atoms with Crippen molar-refractivity contribution >= 4 is 15.9 Å². The first-order valence-corrected chi connectivity index (χ1v) is 6.97. The van der Waals surface area contributed by atoms with E-state index in [1.807, 2.05) is 25.1 Å². The van der Waals surface area contributed by atoms with Crippen LogP contribution in [-0.2, 0) is 0 Å². The van der Waals surface area contributed by atoms with Gasteiger partial charge in [-0.3, -0.25) is 0 Å². The zero-order chi connectivity index (χ0) is 15.0. The van der Waals surface area contributed by atoms with Crippen molar-refractivity contribution in [2.24, 2.45) is 0 Å². The van der Waals surface area contributed by atoms with Gasteiger partial charge in [0.2, 0.25) is 5.82 Å². The van der Waals surface area contributed by atoms with Crippen LogP contribution in [0.3, 0.4) is 0 Å². The minimum Gasteiger partial charge on any atom is -0.504 e. The van der Waals surface area contributed by atoms with E-state index >= 15 is 0 Å². The van der Waals surface area contributed by atoms with Crippen LogP contribution >= 0.6 is 15.9 Å². The van der Waals surface area contributed by atoms with Crippen molar-refractivity contribution < 1.29 is 14.7 Å². The Kier molecular flexibility index (Phi) is 3.39. The van der Waals surface area contributed by atoms with Crippen LogP contribution in [0.15, 0.2) is 45.4 Å². The van der Waals surface area contributed by atoms with E-state index in [4.69, 9.17) is 4.52 Å². The van der Waals surface area contributed by atoms with Gasteiger partial charge < -0.3 is 14.7 Å². The quantitative estimate of drug-likeness (QED) is 0.688. The van der Waals surface area contributed by atoms with Crippen LogP contribution in [0.1, 0.15) is 5.56 Å². The third-order valence-corrected chi connectivity index (χ3v) is 3.69. The van der Waals surface area contributed by atoms with Crippen molar-refractivity contribution in [1.82, 2.24) is 10.1 Å². The molecular formula is C15H11BrN2O3. The molecule has 1 heterocycles. The monoisotopic (exact) mass is 346 g/mol. The second-order valence-corrected chi connectivity index (χ2v) is 5.43. The van der Waals surface area contributed by atoms with Gasteiger partial charge in [0.15, 0.2) is 11.5 Å².